The first-order valence-electron chi connectivity index (χ1n) is 4.37. The molecule has 1 saturated heterocycles. The van der Waals surface area contributed by atoms with Gasteiger partial charge in [0, 0.05) is 19.7 Å². The Bertz CT molecular complexity index is 225. The van der Waals surface area contributed by atoms with E-state index in [1.165, 1.54) is 0 Å². The minimum Gasteiger partial charge on any atom is -0.772 e. The van der Waals surface area contributed by atoms with Crippen LogP contribution in [-0.2, 0) is 15.9 Å². The zero-order chi connectivity index (χ0) is 11.3. The van der Waals surface area contributed by atoms with Gasteiger partial charge in [0.05, 0.1) is 0 Å². The third-order valence-corrected chi connectivity index (χ3v) is 2.95. The predicted octanol–water partition coefficient (Wildman–Crippen LogP) is -3.51. The van der Waals surface area contributed by atoms with E-state index in [4.69, 9.17) is 5.11 Å². The monoisotopic (exact) mass is 245 g/mol. The zero-order valence-electron chi connectivity index (χ0n) is 9.60. The standard InChI is InChI=1S/C7H13NO3S.CH4O.Na/c1-5(2)8-4-3-6(7(8)9)12(10)11;1-2;/h5-6H,3-4H2,1-2H3,(H,10,11);2H,1H3;/q;;+1/p-1. The fraction of sp³-hybridized carbons (Fsp3) is 0.875. The van der Waals surface area contributed by atoms with Crippen molar-refractivity contribution in [3.8, 4) is 0 Å². The molecule has 1 aliphatic heterocycles. The first-order chi connectivity index (χ1) is 6.54. The van der Waals surface area contributed by atoms with Crippen LogP contribution in [0.15, 0.2) is 0 Å². The number of carbonyl (C=O) groups is 1. The quantitative estimate of drug-likeness (QED) is 0.404. The number of aliphatic hydroxyl groups excluding tert-OH is 1. The van der Waals surface area contributed by atoms with Gasteiger partial charge in [-0.25, -0.2) is 0 Å². The van der Waals surface area contributed by atoms with Crippen molar-refractivity contribution >= 4 is 17.0 Å². The summed E-state index contributed by atoms with van der Waals surface area (Å²) >= 11 is -2.25. The van der Waals surface area contributed by atoms with Gasteiger partial charge < -0.3 is 14.6 Å². The smallest absolute Gasteiger partial charge is 0.772 e. The summed E-state index contributed by atoms with van der Waals surface area (Å²) in [6.07, 6.45) is 0.438. The van der Waals surface area contributed by atoms with E-state index in [-0.39, 0.29) is 41.5 Å². The Hall–Kier alpha value is 0.540. The minimum atomic E-state index is -2.25. The summed E-state index contributed by atoms with van der Waals surface area (Å²) in [5, 5.41) is 6.20. The largest absolute Gasteiger partial charge is 1.00 e. The molecule has 1 rings (SSSR count). The molecule has 1 heterocycles. The van der Waals surface area contributed by atoms with E-state index in [1.54, 1.807) is 4.90 Å². The van der Waals surface area contributed by atoms with Crippen molar-refractivity contribution in [1.29, 1.82) is 0 Å². The summed E-state index contributed by atoms with van der Waals surface area (Å²) in [4.78, 5) is 12.9. The Balaban J connectivity index is 0. The molecule has 84 valence electrons. The number of likely N-dealkylation sites (tertiary alicyclic amines) is 1. The summed E-state index contributed by atoms with van der Waals surface area (Å²) < 4.78 is 21.1. The van der Waals surface area contributed by atoms with Crippen LogP contribution in [0.2, 0.25) is 0 Å². The van der Waals surface area contributed by atoms with Gasteiger partial charge in [-0.15, -0.1) is 0 Å². The molecule has 0 aromatic heterocycles. The Morgan fingerprint density at radius 1 is 1.53 bits per heavy atom. The van der Waals surface area contributed by atoms with Gasteiger partial charge in [-0.05, 0) is 31.3 Å². The number of amides is 1. The number of hydrogen-bond acceptors (Lipinski definition) is 4. The number of hydrogen-bond donors (Lipinski definition) is 1. The number of carbonyl (C=O) groups excluding carboxylic acids is 1. The molecule has 0 radical (unpaired) electrons. The SMILES string of the molecule is CC(C)N1CCC(S(=O)[O-])C1=O.CO.[Na+]. The average molecular weight is 245 g/mol. The molecule has 0 saturated carbocycles. The van der Waals surface area contributed by atoms with Crippen molar-refractivity contribution in [2.45, 2.75) is 31.6 Å². The van der Waals surface area contributed by atoms with Gasteiger partial charge in [0.25, 0.3) is 0 Å². The Morgan fingerprint density at radius 2 is 2.00 bits per heavy atom. The molecule has 0 bridgehead atoms. The molecular formula is C8H16NNaO4S. The van der Waals surface area contributed by atoms with Gasteiger partial charge in [-0.3, -0.25) is 9.00 Å². The van der Waals surface area contributed by atoms with Crippen LogP contribution < -0.4 is 29.6 Å². The Kier molecular flexibility index (Phi) is 10.4. The maximum absolute atomic E-state index is 11.3. The summed E-state index contributed by atoms with van der Waals surface area (Å²) in [6.45, 7) is 4.33. The molecule has 0 aromatic rings. The average Bonchev–Trinajstić information content (AvgIpc) is 2.50. The molecule has 1 fully saturated rings. The molecule has 1 N–H and O–H groups in total. The third-order valence-electron chi connectivity index (χ3n) is 2.05. The molecule has 1 amide bonds. The summed E-state index contributed by atoms with van der Waals surface area (Å²) in [5.41, 5.74) is 0. The van der Waals surface area contributed by atoms with E-state index in [2.05, 4.69) is 0 Å². The first-order valence-corrected chi connectivity index (χ1v) is 5.51. The van der Waals surface area contributed by atoms with Crippen LogP contribution in [0.1, 0.15) is 20.3 Å². The Labute approximate surface area is 115 Å². The number of rotatable bonds is 2. The first kappa shape index (κ1) is 17.9. The molecule has 1 aliphatic rings. The number of nitrogens with zero attached hydrogens (tertiary/aromatic N) is 1. The van der Waals surface area contributed by atoms with E-state index in [0.717, 1.165) is 7.11 Å². The van der Waals surface area contributed by atoms with Crippen molar-refractivity contribution in [2.75, 3.05) is 13.7 Å². The van der Waals surface area contributed by atoms with E-state index < -0.39 is 16.3 Å². The molecule has 7 heteroatoms. The second-order valence-electron chi connectivity index (χ2n) is 3.16. The second kappa shape index (κ2) is 8.66. The van der Waals surface area contributed by atoms with Crippen LogP contribution in [0, 0.1) is 0 Å². The molecule has 0 aromatic carbocycles. The van der Waals surface area contributed by atoms with Crippen LogP contribution in [0.4, 0.5) is 0 Å². The van der Waals surface area contributed by atoms with Crippen molar-refractivity contribution in [2.24, 2.45) is 0 Å². The van der Waals surface area contributed by atoms with Crippen molar-refractivity contribution in [3.05, 3.63) is 0 Å². The molecule has 0 aliphatic carbocycles. The fourth-order valence-electron chi connectivity index (χ4n) is 1.37. The van der Waals surface area contributed by atoms with Gasteiger partial charge in [-0.2, -0.15) is 0 Å². The number of aliphatic hydroxyl groups is 1. The van der Waals surface area contributed by atoms with Crippen molar-refractivity contribution in [1.82, 2.24) is 4.90 Å². The summed E-state index contributed by atoms with van der Waals surface area (Å²) in [5.74, 6) is -0.252. The van der Waals surface area contributed by atoms with E-state index in [0.29, 0.717) is 13.0 Å². The topological polar surface area (TPSA) is 80.7 Å². The third kappa shape index (κ3) is 4.93. The van der Waals surface area contributed by atoms with Crippen LogP contribution in [0.3, 0.4) is 0 Å². The van der Waals surface area contributed by atoms with E-state index >= 15 is 0 Å². The van der Waals surface area contributed by atoms with Crippen molar-refractivity contribution < 1.29 is 48.2 Å². The second-order valence-corrected chi connectivity index (χ2v) is 4.25. The maximum atomic E-state index is 11.3. The van der Waals surface area contributed by atoms with Gasteiger partial charge in [0.15, 0.2) is 0 Å². The van der Waals surface area contributed by atoms with Gasteiger partial charge in [0.2, 0.25) is 5.91 Å². The van der Waals surface area contributed by atoms with E-state index in [9.17, 15) is 13.6 Å². The molecule has 5 nitrogen and oxygen atoms in total. The van der Waals surface area contributed by atoms with Gasteiger partial charge in [0.1, 0.15) is 5.25 Å². The molecule has 2 unspecified atom stereocenters. The predicted molar refractivity (Wildman–Crippen MR) is 52.3 cm³/mol. The van der Waals surface area contributed by atoms with Gasteiger partial charge in [-0.1, -0.05) is 0 Å². The molecule has 0 spiro atoms. The van der Waals surface area contributed by atoms with Gasteiger partial charge >= 0.3 is 29.6 Å². The normalized spacial score (nSPS) is 21.9. The fourth-order valence-corrected chi connectivity index (χ4v) is 1.96. The molecule has 15 heavy (non-hydrogen) atoms. The maximum Gasteiger partial charge on any atom is 1.00 e. The zero-order valence-corrected chi connectivity index (χ0v) is 12.4. The van der Waals surface area contributed by atoms with Crippen molar-refractivity contribution in [3.63, 3.8) is 0 Å². The van der Waals surface area contributed by atoms with Crippen LogP contribution in [0.25, 0.3) is 0 Å². The van der Waals surface area contributed by atoms with Crippen LogP contribution >= 0.6 is 0 Å². The molecule has 2 atom stereocenters. The Morgan fingerprint density at radius 3 is 2.20 bits per heavy atom. The summed E-state index contributed by atoms with van der Waals surface area (Å²) in [6, 6.07) is 0.103. The minimum absolute atomic E-state index is 0. The van der Waals surface area contributed by atoms with Crippen LogP contribution in [0.5, 0.6) is 0 Å². The molecular weight excluding hydrogens is 229 g/mol. The van der Waals surface area contributed by atoms with Crippen LogP contribution in [-0.4, -0.2) is 49.6 Å². The summed E-state index contributed by atoms with van der Waals surface area (Å²) in [7, 11) is 1.00. The van der Waals surface area contributed by atoms with E-state index in [1.807, 2.05) is 13.8 Å².